The zero-order chi connectivity index (χ0) is 10.0. The van der Waals surface area contributed by atoms with Crippen LogP contribution in [0.25, 0.3) is 0 Å². The zero-order valence-electron chi connectivity index (χ0n) is 6.61. The standard InChI is InChI=1S/C8H5Cl2IO2/c1-13-4-2-5(9)7(8(10)12)6(11)3-4/h2-3H,1H3. The van der Waals surface area contributed by atoms with Crippen molar-refractivity contribution in [1.29, 1.82) is 0 Å². The first-order chi connectivity index (χ1) is 6.06. The molecule has 0 aliphatic heterocycles. The number of carbonyl (C=O) groups is 1. The maximum Gasteiger partial charge on any atom is 0.254 e. The monoisotopic (exact) mass is 330 g/mol. The molecule has 0 unspecified atom stereocenters. The Hall–Kier alpha value is -0.000000000000000111. The Labute approximate surface area is 99.3 Å². The summed E-state index contributed by atoms with van der Waals surface area (Å²) in [5, 5.41) is -0.249. The van der Waals surface area contributed by atoms with Crippen LogP contribution >= 0.6 is 45.8 Å². The highest BCUT2D eigenvalue weighted by Gasteiger charge is 2.13. The lowest BCUT2D eigenvalue weighted by molar-refractivity contribution is 0.108. The van der Waals surface area contributed by atoms with Crippen LogP contribution in [0.5, 0.6) is 5.75 Å². The zero-order valence-corrected chi connectivity index (χ0v) is 10.3. The summed E-state index contributed by atoms with van der Waals surface area (Å²) in [6, 6.07) is 3.25. The minimum atomic E-state index is -0.558. The first kappa shape index (κ1) is 11.1. The molecule has 0 saturated carbocycles. The number of ether oxygens (including phenoxy) is 1. The van der Waals surface area contributed by atoms with Gasteiger partial charge in [-0.25, -0.2) is 0 Å². The second-order valence-electron chi connectivity index (χ2n) is 2.24. The van der Waals surface area contributed by atoms with Crippen LogP contribution in [0.15, 0.2) is 12.1 Å². The first-order valence-electron chi connectivity index (χ1n) is 3.29. The van der Waals surface area contributed by atoms with Crippen molar-refractivity contribution >= 4 is 51.0 Å². The minimum absolute atomic E-state index is 0.309. The maximum atomic E-state index is 10.9. The van der Waals surface area contributed by atoms with Crippen molar-refractivity contribution in [3.05, 3.63) is 26.3 Å². The Morgan fingerprint density at radius 1 is 1.54 bits per heavy atom. The van der Waals surface area contributed by atoms with E-state index in [1.807, 2.05) is 22.6 Å². The van der Waals surface area contributed by atoms with E-state index in [4.69, 9.17) is 27.9 Å². The van der Waals surface area contributed by atoms with Crippen molar-refractivity contribution in [3.63, 3.8) is 0 Å². The van der Waals surface area contributed by atoms with Gasteiger partial charge in [0.25, 0.3) is 5.24 Å². The third-order valence-corrected chi connectivity index (χ3v) is 2.79. The Balaban J connectivity index is 3.31. The van der Waals surface area contributed by atoms with Gasteiger partial charge in [-0.1, -0.05) is 11.6 Å². The van der Waals surface area contributed by atoms with Gasteiger partial charge in [-0.15, -0.1) is 0 Å². The van der Waals surface area contributed by atoms with Gasteiger partial charge < -0.3 is 4.74 Å². The van der Waals surface area contributed by atoms with Crippen molar-refractivity contribution in [2.24, 2.45) is 0 Å². The molecule has 2 nitrogen and oxygen atoms in total. The van der Waals surface area contributed by atoms with E-state index in [2.05, 4.69) is 0 Å². The van der Waals surface area contributed by atoms with Gasteiger partial charge in [0, 0.05) is 3.57 Å². The molecular formula is C8H5Cl2IO2. The second-order valence-corrected chi connectivity index (χ2v) is 4.15. The Kier molecular flexibility index (Phi) is 3.82. The van der Waals surface area contributed by atoms with E-state index < -0.39 is 5.24 Å². The number of methoxy groups -OCH3 is 1. The van der Waals surface area contributed by atoms with Crippen molar-refractivity contribution < 1.29 is 9.53 Å². The van der Waals surface area contributed by atoms with E-state index in [0.29, 0.717) is 19.9 Å². The molecular weight excluding hydrogens is 326 g/mol. The summed E-state index contributed by atoms with van der Waals surface area (Å²) in [4.78, 5) is 10.9. The lowest BCUT2D eigenvalue weighted by Gasteiger charge is -2.05. The van der Waals surface area contributed by atoms with Gasteiger partial charge in [-0.05, 0) is 46.3 Å². The molecule has 1 rings (SSSR count). The van der Waals surface area contributed by atoms with Gasteiger partial charge >= 0.3 is 0 Å². The van der Waals surface area contributed by atoms with Gasteiger partial charge in [0.15, 0.2) is 0 Å². The van der Waals surface area contributed by atoms with Crippen LogP contribution in [-0.4, -0.2) is 12.4 Å². The molecule has 0 fully saturated rings. The topological polar surface area (TPSA) is 26.3 Å². The van der Waals surface area contributed by atoms with Crippen LogP contribution in [0, 0.1) is 3.57 Å². The lowest BCUT2D eigenvalue weighted by Crippen LogP contribution is -1.96. The third-order valence-electron chi connectivity index (χ3n) is 1.45. The van der Waals surface area contributed by atoms with Crippen LogP contribution in [-0.2, 0) is 0 Å². The predicted octanol–water partition coefficient (Wildman–Crippen LogP) is 3.33. The molecule has 5 heteroatoms. The Bertz CT molecular complexity index is 329. The maximum absolute atomic E-state index is 10.9. The summed E-state index contributed by atoms with van der Waals surface area (Å²) in [6.45, 7) is 0. The van der Waals surface area contributed by atoms with Crippen LogP contribution in [0.1, 0.15) is 10.4 Å². The van der Waals surface area contributed by atoms with Crippen molar-refractivity contribution in [2.45, 2.75) is 0 Å². The largest absolute Gasteiger partial charge is 0.497 e. The summed E-state index contributed by atoms with van der Waals surface area (Å²) in [5.41, 5.74) is 0.324. The van der Waals surface area contributed by atoms with Crippen LogP contribution in [0.3, 0.4) is 0 Å². The minimum Gasteiger partial charge on any atom is -0.497 e. The summed E-state index contributed by atoms with van der Waals surface area (Å²) in [6.07, 6.45) is 0. The number of rotatable bonds is 2. The van der Waals surface area contributed by atoms with Crippen molar-refractivity contribution in [3.8, 4) is 5.75 Å². The van der Waals surface area contributed by atoms with E-state index in [9.17, 15) is 4.79 Å². The van der Waals surface area contributed by atoms with E-state index in [1.165, 1.54) is 7.11 Å². The van der Waals surface area contributed by atoms with Gasteiger partial charge in [-0.3, -0.25) is 4.79 Å². The third kappa shape index (κ3) is 2.48. The molecule has 70 valence electrons. The molecule has 0 aromatic heterocycles. The molecule has 1 aromatic rings. The van der Waals surface area contributed by atoms with Crippen LogP contribution in [0.4, 0.5) is 0 Å². The van der Waals surface area contributed by atoms with Crippen molar-refractivity contribution in [1.82, 2.24) is 0 Å². The molecule has 1 aromatic carbocycles. The van der Waals surface area contributed by atoms with Gasteiger partial charge in [-0.2, -0.15) is 0 Å². The normalized spacial score (nSPS) is 9.85. The van der Waals surface area contributed by atoms with Crippen molar-refractivity contribution in [2.75, 3.05) is 7.11 Å². The average Bonchev–Trinajstić information content (AvgIpc) is 2.02. The predicted molar refractivity (Wildman–Crippen MR) is 60.9 cm³/mol. The summed E-state index contributed by atoms with van der Waals surface area (Å²) in [5.74, 6) is 0.607. The molecule has 0 aliphatic rings. The molecule has 0 saturated heterocycles. The SMILES string of the molecule is COc1cc(Cl)c(C(=O)Cl)c(I)c1. The fourth-order valence-electron chi connectivity index (χ4n) is 0.856. The molecule has 13 heavy (non-hydrogen) atoms. The van der Waals surface area contributed by atoms with E-state index in [0.717, 1.165) is 0 Å². The van der Waals surface area contributed by atoms with E-state index in [1.54, 1.807) is 12.1 Å². The smallest absolute Gasteiger partial charge is 0.254 e. The molecule has 0 amide bonds. The van der Waals surface area contributed by atoms with E-state index in [-0.39, 0.29) is 0 Å². The molecule has 0 spiro atoms. The van der Waals surface area contributed by atoms with Gasteiger partial charge in [0.2, 0.25) is 0 Å². The second kappa shape index (κ2) is 4.48. The Morgan fingerprint density at radius 3 is 2.54 bits per heavy atom. The quantitative estimate of drug-likeness (QED) is 0.614. The average molecular weight is 331 g/mol. The lowest BCUT2D eigenvalue weighted by atomic mass is 10.2. The van der Waals surface area contributed by atoms with Crippen LogP contribution < -0.4 is 4.74 Å². The highest BCUT2D eigenvalue weighted by atomic mass is 127. The summed E-state index contributed by atoms with van der Waals surface area (Å²) < 4.78 is 5.65. The number of benzene rings is 1. The summed E-state index contributed by atoms with van der Waals surface area (Å²) in [7, 11) is 1.53. The number of hydrogen-bond donors (Lipinski definition) is 0. The highest BCUT2D eigenvalue weighted by molar-refractivity contribution is 14.1. The molecule has 0 atom stereocenters. The molecule has 0 heterocycles. The van der Waals surface area contributed by atoms with Gasteiger partial charge in [0.05, 0.1) is 17.7 Å². The number of halogens is 3. The molecule has 0 aliphatic carbocycles. The fourth-order valence-corrected chi connectivity index (χ4v) is 2.56. The molecule has 0 radical (unpaired) electrons. The first-order valence-corrected chi connectivity index (χ1v) is 5.12. The fraction of sp³-hybridized carbons (Fsp3) is 0.125. The molecule has 0 N–H and O–H groups in total. The molecule has 0 bridgehead atoms. The van der Waals surface area contributed by atoms with Crippen LogP contribution in [0.2, 0.25) is 5.02 Å². The van der Waals surface area contributed by atoms with Gasteiger partial charge in [0.1, 0.15) is 5.75 Å². The number of carbonyl (C=O) groups excluding carboxylic acids is 1. The Morgan fingerprint density at radius 2 is 2.15 bits per heavy atom. The summed E-state index contributed by atoms with van der Waals surface area (Å²) >= 11 is 13.1. The highest BCUT2D eigenvalue weighted by Crippen LogP contribution is 2.28. The van der Waals surface area contributed by atoms with E-state index >= 15 is 0 Å². The number of hydrogen-bond acceptors (Lipinski definition) is 2.